The largest absolute Gasteiger partial charge is 0.370 e. The van der Waals surface area contributed by atoms with E-state index in [4.69, 9.17) is 5.73 Å². The summed E-state index contributed by atoms with van der Waals surface area (Å²) < 4.78 is 0. The van der Waals surface area contributed by atoms with Crippen LogP contribution >= 0.6 is 24.0 Å². The van der Waals surface area contributed by atoms with E-state index < -0.39 is 0 Å². The van der Waals surface area contributed by atoms with Crippen LogP contribution in [0.4, 0.5) is 0 Å². The normalized spacial score (nSPS) is 13.0. The lowest BCUT2D eigenvalue weighted by Crippen LogP contribution is -2.38. The Morgan fingerprint density at radius 2 is 2.33 bits per heavy atom. The third-order valence-electron chi connectivity index (χ3n) is 1.40. The Morgan fingerprint density at radius 1 is 1.75 bits per heavy atom. The van der Waals surface area contributed by atoms with Crippen LogP contribution in [0.3, 0.4) is 0 Å². The number of aliphatic imine (C=N–C) groups is 1. The topological polar surface area (TPSA) is 50.4 Å². The number of nitrogens with zero attached hydrogens (tertiary/aromatic N) is 1. The Kier molecular flexibility index (Phi) is 10.5. The average Bonchev–Trinajstić information content (AvgIpc) is 2.00. The minimum absolute atomic E-state index is 0. The molecule has 12 heavy (non-hydrogen) atoms. The zero-order chi connectivity index (χ0) is 8.69. The predicted octanol–water partition coefficient (Wildman–Crippen LogP) is 1.49. The number of guanidine groups is 1. The van der Waals surface area contributed by atoms with Crippen LogP contribution in [0.2, 0.25) is 0 Å². The fourth-order valence-electron chi connectivity index (χ4n) is 0.563. The summed E-state index contributed by atoms with van der Waals surface area (Å²) in [5, 5.41) is 3.04. The molecule has 1 unspecified atom stereocenters. The van der Waals surface area contributed by atoms with E-state index in [1.165, 1.54) is 0 Å². The monoisotopic (exact) mass is 283 g/mol. The van der Waals surface area contributed by atoms with E-state index in [0.29, 0.717) is 18.5 Å². The lowest BCUT2D eigenvalue weighted by molar-refractivity contribution is 0.637. The van der Waals surface area contributed by atoms with Crippen LogP contribution in [0, 0.1) is 0 Å². The lowest BCUT2D eigenvalue weighted by atomic mass is 10.3. The molecule has 0 heterocycles. The Morgan fingerprint density at radius 3 is 2.75 bits per heavy atom. The van der Waals surface area contributed by atoms with Crippen molar-refractivity contribution in [3.63, 3.8) is 0 Å². The molecule has 3 nitrogen and oxygen atoms in total. The Labute approximate surface area is 91.5 Å². The van der Waals surface area contributed by atoms with Gasteiger partial charge in [0.05, 0.1) is 6.54 Å². The number of nitrogens with two attached hydrogens (primary N) is 1. The van der Waals surface area contributed by atoms with Gasteiger partial charge in [-0.2, -0.15) is 0 Å². The van der Waals surface area contributed by atoms with Crippen molar-refractivity contribution in [2.24, 2.45) is 10.7 Å². The number of rotatable bonds is 4. The molecule has 0 aromatic carbocycles. The van der Waals surface area contributed by atoms with Gasteiger partial charge < -0.3 is 11.1 Å². The molecule has 72 valence electrons. The summed E-state index contributed by atoms with van der Waals surface area (Å²) >= 11 is 0. The summed E-state index contributed by atoms with van der Waals surface area (Å²) in [5.41, 5.74) is 5.53. The highest BCUT2D eigenvalue weighted by Gasteiger charge is 1.96. The molecule has 0 spiro atoms. The van der Waals surface area contributed by atoms with E-state index in [2.05, 4.69) is 30.7 Å². The molecular weight excluding hydrogens is 265 g/mol. The first-order chi connectivity index (χ1) is 5.20. The van der Waals surface area contributed by atoms with Gasteiger partial charge in [-0.3, -0.25) is 0 Å². The van der Waals surface area contributed by atoms with Gasteiger partial charge in [0.1, 0.15) is 0 Å². The molecule has 0 aliphatic rings. The predicted molar refractivity (Wildman–Crippen MR) is 65.0 cm³/mol. The van der Waals surface area contributed by atoms with Crippen molar-refractivity contribution in [3.05, 3.63) is 12.7 Å². The van der Waals surface area contributed by atoms with Gasteiger partial charge in [-0.15, -0.1) is 30.6 Å². The molecule has 0 aliphatic carbocycles. The summed E-state index contributed by atoms with van der Waals surface area (Å²) in [7, 11) is 0. The van der Waals surface area contributed by atoms with Gasteiger partial charge in [0.15, 0.2) is 5.96 Å². The maximum Gasteiger partial charge on any atom is 0.189 e. The third kappa shape index (κ3) is 7.84. The molecule has 0 saturated heterocycles. The fraction of sp³-hybridized carbons (Fsp3) is 0.625. The molecule has 0 saturated carbocycles. The van der Waals surface area contributed by atoms with Gasteiger partial charge in [-0.05, 0) is 13.3 Å². The molecule has 4 heteroatoms. The Hall–Kier alpha value is -0.260. The molecular formula is C8H18IN3. The maximum atomic E-state index is 5.53. The lowest BCUT2D eigenvalue weighted by Gasteiger charge is -2.10. The first-order valence-corrected chi connectivity index (χ1v) is 3.88. The molecule has 0 fully saturated rings. The van der Waals surface area contributed by atoms with E-state index in [0.717, 1.165) is 6.42 Å². The zero-order valence-electron chi connectivity index (χ0n) is 7.71. The van der Waals surface area contributed by atoms with Gasteiger partial charge in [0.2, 0.25) is 0 Å². The Bertz CT molecular complexity index is 145. The van der Waals surface area contributed by atoms with Gasteiger partial charge in [0, 0.05) is 6.04 Å². The van der Waals surface area contributed by atoms with Crippen LogP contribution in [0.5, 0.6) is 0 Å². The summed E-state index contributed by atoms with van der Waals surface area (Å²) in [5.74, 6) is 0.499. The van der Waals surface area contributed by atoms with E-state index in [1.807, 2.05) is 0 Å². The molecule has 0 bridgehead atoms. The average molecular weight is 283 g/mol. The molecule has 0 radical (unpaired) electrons. The van der Waals surface area contributed by atoms with Gasteiger partial charge in [-0.25, -0.2) is 4.99 Å². The highest BCUT2D eigenvalue weighted by molar-refractivity contribution is 14.0. The number of hydrogen-bond acceptors (Lipinski definition) is 1. The van der Waals surface area contributed by atoms with Crippen molar-refractivity contribution >= 4 is 29.9 Å². The summed E-state index contributed by atoms with van der Waals surface area (Å²) in [6.07, 6.45) is 2.76. The maximum absolute atomic E-state index is 5.53. The molecule has 0 rings (SSSR count). The van der Waals surface area contributed by atoms with Gasteiger partial charge in [0.25, 0.3) is 0 Å². The molecule has 0 aromatic heterocycles. The molecule has 1 atom stereocenters. The first kappa shape index (κ1) is 14.3. The van der Waals surface area contributed by atoms with E-state index >= 15 is 0 Å². The molecule has 0 aromatic rings. The summed E-state index contributed by atoms with van der Waals surface area (Å²) in [4.78, 5) is 4.00. The highest BCUT2D eigenvalue weighted by Crippen LogP contribution is 1.85. The summed E-state index contributed by atoms with van der Waals surface area (Å²) in [6.45, 7) is 8.28. The SMILES string of the molecule is C=CCN=C(N)NC(C)CC.I. The number of nitrogens with one attached hydrogen (secondary N) is 1. The van der Waals surface area contributed by atoms with E-state index in [-0.39, 0.29) is 24.0 Å². The minimum atomic E-state index is 0. The van der Waals surface area contributed by atoms with E-state index in [1.54, 1.807) is 6.08 Å². The van der Waals surface area contributed by atoms with Crippen LogP contribution in [0.25, 0.3) is 0 Å². The van der Waals surface area contributed by atoms with Crippen LogP contribution in [0.1, 0.15) is 20.3 Å². The highest BCUT2D eigenvalue weighted by atomic mass is 127. The van der Waals surface area contributed by atoms with Crippen LogP contribution in [0.15, 0.2) is 17.6 Å². The number of halogens is 1. The van der Waals surface area contributed by atoms with Crippen LogP contribution in [-0.4, -0.2) is 18.5 Å². The van der Waals surface area contributed by atoms with Crippen LogP contribution < -0.4 is 11.1 Å². The quantitative estimate of drug-likeness (QED) is 0.355. The fourth-order valence-corrected chi connectivity index (χ4v) is 0.563. The first-order valence-electron chi connectivity index (χ1n) is 3.88. The standard InChI is InChI=1S/C8H17N3.HI/c1-4-6-10-8(9)11-7(3)5-2;/h4,7H,1,5-6H2,2-3H3,(H3,9,10,11);1H. The smallest absolute Gasteiger partial charge is 0.189 e. The second kappa shape index (κ2) is 8.83. The second-order valence-electron chi connectivity index (χ2n) is 2.47. The second-order valence-corrected chi connectivity index (χ2v) is 2.47. The van der Waals surface area contributed by atoms with Gasteiger partial charge >= 0.3 is 0 Å². The van der Waals surface area contributed by atoms with Crippen LogP contribution in [-0.2, 0) is 0 Å². The van der Waals surface area contributed by atoms with Crippen molar-refractivity contribution in [2.75, 3.05) is 6.54 Å². The number of hydrogen-bond donors (Lipinski definition) is 2. The van der Waals surface area contributed by atoms with Crippen molar-refractivity contribution in [3.8, 4) is 0 Å². The third-order valence-corrected chi connectivity index (χ3v) is 1.40. The van der Waals surface area contributed by atoms with Crippen molar-refractivity contribution < 1.29 is 0 Å². The van der Waals surface area contributed by atoms with Crippen molar-refractivity contribution in [2.45, 2.75) is 26.3 Å². The van der Waals surface area contributed by atoms with Gasteiger partial charge in [-0.1, -0.05) is 13.0 Å². The van der Waals surface area contributed by atoms with Crippen molar-refractivity contribution in [1.29, 1.82) is 0 Å². The molecule has 0 aliphatic heterocycles. The zero-order valence-corrected chi connectivity index (χ0v) is 10.0. The molecule has 0 amide bonds. The molecule has 3 N–H and O–H groups in total. The van der Waals surface area contributed by atoms with Crippen molar-refractivity contribution in [1.82, 2.24) is 5.32 Å². The van der Waals surface area contributed by atoms with E-state index in [9.17, 15) is 0 Å². The summed E-state index contributed by atoms with van der Waals surface area (Å²) in [6, 6.07) is 0.392. The Balaban J connectivity index is 0. The minimum Gasteiger partial charge on any atom is -0.370 e.